The van der Waals surface area contributed by atoms with Gasteiger partial charge in [-0.1, -0.05) is 24.9 Å². The fraction of sp³-hybridized carbons (Fsp3) is 0.875. The molecule has 19 heavy (non-hydrogen) atoms. The summed E-state index contributed by atoms with van der Waals surface area (Å²) in [5.41, 5.74) is -0.215. The zero-order chi connectivity index (χ0) is 14.7. The first-order valence-corrected chi connectivity index (χ1v) is 7.38. The van der Waals surface area contributed by atoms with Gasteiger partial charge in [-0.25, -0.2) is 0 Å². The lowest BCUT2D eigenvalue weighted by atomic mass is 9.75. The van der Waals surface area contributed by atoms with Gasteiger partial charge < -0.3 is 9.47 Å². The average Bonchev–Trinajstić information content (AvgIpc) is 2.26. The summed E-state index contributed by atoms with van der Waals surface area (Å²) < 4.78 is 12.2. The molecule has 0 saturated heterocycles. The molecule has 0 amide bonds. The van der Waals surface area contributed by atoms with Gasteiger partial charge in [-0.05, 0) is 47.5 Å². The van der Waals surface area contributed by atoms with Crippen molar-refractivity contribution in [1.29, 1.82) is 0 Å². The second-order valence-electron chi connectivity index (χ2n) is 7.14. The van der Waals surface area contributed by atoms with Gasteiger partial charge in [0.1, 0.15) is 0 Å². The van der Waals surface area contributed by atoms with Crippen molar-refractivity contribution in [3.05, 3.63) is 12.2 Å². The maximum absolute atomic E-state index is 6.26. The molecule has 0 aromatic rings. The highest BCUT2D eigenvalue weighted by atomic mass is 16.5. The van der Waals surface area contributed by atoms with Crippen LogP contribution in [0.25, 0.3) is 0 Å². The Morgan fingerprint density at radius 1 is 1.16 bits per heavy atom. The van der Waals surface area contributed by atoms with Crippen LogP contribution in [-0.4, -0.2) is 31.8 Å². The Morgan fingerprint density at radius 2 is 1.79 bits per heavy atom. The molecule has 0 saturated carbocycles. The molecule has 0 heterocycles. The van der Waals surface area contributed by atoms with Gasteiger partial charge in [-0.3, -0.25) is 0 Å². The molecule has 0 aliphatic heterocycles. The van der Waals surface area contributed by atoms with Crippen LogP contribution >= 0.6 is 0 Å². The van der Waals surface area contributed by atoms with E-state index in [-0.39, 0.29) is 23.1 Å². The summed E-state index contributed by atoms with van der Waals surface area (Å²) in [4.78, 5) is 0. The van der Waals surface area contributed by atoms with Crippen LogP contribution in [0.2, 0.25) is 5.82 Å². The monoisotopic (exact) mass is 264 g/mol. The number of rotatable bonds is 5. The quantitative estimate of drug-likeness (QED) is 0.553. The van der Waals surface area contributed by atoms with Crippen molar-refractivity contribution in [3.63, 3.8) is 0 Å². The largest absolute Gasteiger partial charge is 0.375 e. The maximum Gasteiger partial charge on any atom is 0.0756 e. The Kier molecular flexibility index (Phi) is 5.70. The molecule has 0 aromatic heterocycles. The molecule has 1 aliphatic rings. The van der Waals surface area contributed by atoms with E-state index in [4.69, 9.17) is 17.3 Å². The molecule has 1 rings (SSSR count). The molecule has 0 aromatic carbocycles. The fourth-order valence-electron chi connectivity index (χ4n) is 2.07. The molecule has 0 spiro atoms. The van der Waals surface area contributed by atoms with Gasteiger partial charge in [0.2, 0.25) is 0 Å². The van der Waals surface area contributed by atoms with Crippen LogP contribution in [0.15, 0.2) is 12.2 Å². The van der Waals surface area contributed by atoms with E-state index in [9.17, 15) is 0 Å². The molecule has 0 bridgehead atoms. The van der Waals surface area contributed by atoms with Gasteiger partial charge >= 0.3 is 0 Å². The summed E-state index contributed by atoms with van der Waals surface area (Å²) in [5.74, 6) is 0.397. The first-order valence-electron chi connectivity index (χ1n) is 7.38. The summed E-state index contributed by atoms with van der Waals surface area (Å²) in [7, 11) is 6.02. The summed E-state index contributed by atoms with van der Waals surface area (Å²) in [6.45, 7) is 13.4. The van der Waals surface area contributed by atoms with E-state index in [0.29, 0.717) is 12.5 Å². The average molecular weight is 264 g/mol. The highest BCUT2D eigenvalue weighted by Gasteiger charge is 2.31. The molecule has 1 aliphatic carbocycles. The van der Waals surface area contributed by atoms with Crippen LogP contribution in [0, 0.1) is 5.92 Å². The first kappa shape index (κ1) is 16.8. The zero-order valence-corrected chi connectivity index (χ0v) is 13.4. The number of hydrogen-bond acceptors (Lipinski definition) is 2. The third-order valence-corrected chi connectivity index (χ3v) is 3.62. The SMILES string of the molecule is [B][C@@H]1C=C[C@H](COC(C)(C)C)[C@@H](OC(C)(C)CC)C1. The minimum Gasteiger partial charge on any atom is -0.375 e. The van der Waals surface area contributed by atoms with Crippen molar-refractivity contribution < 1.29 is 9.47 Å². The number of allylic oxidation sites excluding steroid dienone is 1. The van der Waals surface area contributed by atoms with Gasteiger partial charge in [0.05, 0.1) is 31.8 Å². The molecule has 0 N–H and O–H groups in total. The van der Waals surface area contributed by atoms with Crippen LogP contribution in [-0.2, 0) is 9.47 Å². The highest BCUT2D eigenvalue weighted by Crippen LogP contribution is 2.32. The third kappa shape index (κ3) is 6.14. The second kappa shape index (κ2) is 6.45. The van der Waals surface area contributed by atoms with Crippen LogP contribution in [0.5, 0.6) is 0 Å². The summed E-state index contributed by atoms with van der Waals surface area (Å²) in [6.07, 6.45) is 6.26. The van der Waals surface area contributed by atoms with E-state index >= 15 is 0 Å². The minimum absolute atomic E-state index is 0.101. The normalized spacial score (nSPS) is 28.6. The Morgan fingerprint density at radius 3 is 2.32 bits per heavy atom. The van der Waals surface area contributed by atoms with Gasteiger partial charge in [-0.2, -0.15) is 0 Å². The molecule has 0 fully saturated rings. The van der Waals surface area contributed by atoms with Crippen LogP contribution in [0.4, 0.5) is 0 Å². The fourth-order valence-corrected chi connectivity index (χ4v) is 2.07. The molecule has 2 radical (unpaired) electrons. The zero-order valence-electron chi connectivity index (χ0n) is 13.4. The van der Waals surface area contributed by atoms with Crippen LogP contribution in [0.3, 0.4) is 0 Å². The predicted octanol–water partition coefficient (Wildman–Crippen LogP) is 3.91. The molecule has 3 atom stereocenters. The van der Waals surface area contributed by atoms with E-state index in [1.54, 1.807) is 0 Å². The minimum atomic E-state index is -0.113. The Hall–Kier alpha value is -0.275. The topological polar surface area (TPSA) is 18.5 Å². The number of hydrogen-bond donors (Lipinski definition) is 0. The third-order valence-electron chi connectivity index (χ3n) is 3.62. The lowest BCUT2D eigenvalue weighted by Crippen LogP contribution is -2.39. The molecular formula is C16H29BO2. The van der Waals surface area contributed by atoms with Gasteiger partial charge in [-0.15, -0.1) is 0 Å². The van der Waals surface area contributed by atoms with Gasteiger partial charge in [0.15, 0.2) is 0 Å². The van der Waals surface area contributed by atoms with Crippen molar-refractivity contribution in [2.45, 2.75) is 77.5 Å². The van der Waals surface area contributed by atoms with Crippen LogP contribution < -0.4 is 0 Å². The van der Waals surface area contributed by atoms with Crippen molar-refractivity contribution in [2.75, 3.05) is 6.61 Å². The lowest BCUT2D eigenvalue weighted by molar-refractivity contribution is -0.115. The smallest absolute Gasteiger partial charge is 0.0756 e. The maximum atomic E-state index is 6.26. The van der Waals surface area contributed by atoms with Crippen molar-refractivity contribution in [1.82, 2.24) is 0 Å². The summed E-state index contributed by atoms with van der Waals surface area (Å²) in [6, 6.07) is 0. The summed E-state index contributed by atoms with van der Waals surface area (Å²) >= 11 is 0. The van der Waals surface area contributed by atoms with E-state index in [1.165, 1.54) is 0 Å². The Labute approximate surface area is 120 Å². The first-order chi connectivity index (χ1) is 8.63. The highest BCUT2D eigenvalue weighted by molar-refractivity contribution is 6.13. The van der Waals surface area contributed by atoms with E-state index in [1.807, 2.05) is 0 Å². The lowest BCUT2D eigenvalue weighted by Gasteiger charge is -2.38. The number of ether oxygens (including phenoxy) is 2. The predicted molar refractivity (Wildman–Crippen MR) is 81.7 cm³/mol. The molecule has 0 unspecified atom stereocenters. The molecule has 3 heteroatoms. The van der Waals surface area contributed by atoms with Gasteiger partial charge in [0, 0.05) is 5.92 Å². The van der Waals surface area contributed by atoms with E-state index in [0.717, 1.165) is 12.8 Å². The second-order valence-corrected chi connectivity index (χ2v) is 7.14. The summed E-state index contributed by atoms with van der Waals surface area (Å²) in [5, 5.41) is 0. The van der Waals surface area contributed by atoms with Gasteiger partial charge in [0.25, 0.3) is 0 Å². The van der Waals surface area contributed by atoms with Crippen molar-refractivity contribution >= 4 is 7.85 Å². The standard InChI is InChI=1S/C16H29BO2/c1-7-16(5,6)19-14-10-13(17)9-8-12(14)11-18-15(2,3)4/h8-9,12-14H,7,10-11H2,1-6H3/t12-,13-,14+/m1/s1. The van der Waals surface area contributed by atoms with Crippen LogP contribution in [0.1, 0.15) is 54.4 Å². The van der Waals surface area contributed by atoms with E-state index in [2.05, 4.69) is 53.7 Å². The van der Waals surface area contributed by atoms with Crippen molar-refractivity contribution in [3.8, 4) is 0 Å². The molecule has 2 nitrogen and oxygen atoms in total. The Balaban J connectivity index is 2.66. The van der Waals surface area contributed by atoms with E-state index < -0.39 is 0 Å². The van der Waals surface area contributed by atoms with Crippen molar-refractivity contribution in [2.24, 2.45) is 5.92 Å². The molecular weight excluding hydrogens is 235 g/mol. The molecule has 108 valence electrons. The Bertz CT molecular complexity index is 304.